The van der Waals surface area contributed by atoms with Crippen LogP contribution in [0.1, 0.15) is 21.7 Å². The number of rotatable bonds is 6. The Morgan fingerprint density at radius 2 is 1.65 bits per heavy atom. The van der Waals surface area contributed by atoms with E-state index < -0.39 is 11.7 Å². The van der Waals surface area contributed by atoms with Crippen LogP contribution in [0.4, 0.5) is 4.39 Å². The van der Waals surface area contributed by atoms with E-state index in [9.17, 15) is 9.18 Å². The minimum atomic E-state index is -0.447. The molecule has 0 fully saturated rings. The van der Waals surface area contributed by atoms with Gasteiger partial charge in [0.2, 0.25) is 0 Å². The van der Waals surface area contributed by atoms with Crippen molar-refractivity contribution in [2.45, 2.75) is 13.5 Å². The van der Waals surface area contributed by atoms with Gasteiger partial charge in [-0.25, -0.2) is 9.07 Å². The fraction of sp³-hybridized carbons (Fsp3) is 0.0741. The van der Waals surface area contributed by atoms with Gasteiger partial charge in [0.15, 0.2) is 0 Å². The maximum Gasteiger partial charge on any atom is 0.284 e. The summed E-state index contributed by atoms with van der Waals surface area (Å²) < 4.78 is 26.2. The van der Waals surface area contributed by atoms with Crippen molar-refractivity contribution in [3.05, 3.63) is 111 Å². The summed E-state index contributed by atoms with van der Waals surface area (Å²) in [6.07, 6.45) is 1.55. The van der Waals surface area contributed by atoms with Gasteiger partial charge in [0.05, 0.1) is 20.8 Å². The molecule has 3 aromatic carbocycles. The van der Waals surface area contributed by atoms with Gasteiger partial charge in [0.1, 0.15) is 35.2 Å². The first-order valence-corrected chi connectivity index (χ1v) is 12.1. The maximum absolute atomic E-state index is 14.0. The van der Waals surface area contributed by atoms with Crippen LogP contribution in [-0.2, 0) is 6.61 Å². The number of hydrogen-bond acceptors (Lipinski definition) is 5. The summed E-state index contributed by atoms with van der Waals surface area (Å²) >= 11 is 18.7. The smallest absolute Gasteiger partial charge is 0.284 e. The van der Waals surface area contributed by atoms with Gasteiger partial charge in [-0.15, -0.1) is 0 Å². The molecule has 2 heterocycles. The molecule has 37 heavy (non-hydrogen) atoms. The predicted octanol–water partition coefficient (Wildman–Crippen LogP) is 7.88. The normalized spacial score (nSPS) is 11.1. The standard InChI is InChI=1S/C27H17Cl3FN3O3/c1-15-24(26(33-37-15)25-20(29)5-2-6-21(25)30)27(35)34-13-12-23(32-34)16-8-10-17(11-9-16)36-14-18-19(28)4-3-7-22(18)31/h2-13H,14H2,1H3. The van der Waals surface area contributed by atoms with Crippen molar-refractivity contribution in [2.24, 2.45) is 0 Å². The van der Waals surface area contributed by atoms with Crippen molar-refractivity contribution in [1.82, 2.24) is 14.9 Å². The number of aryl methyl sites for hydroxylation is 1. The lowest BCUT2D eigenvalue weighted by Gasteiger charge is -2.09. The average molecular weight is 557 g/mol. The molecule has 10 heteroatoms. The molecule has 0 amide bonds. The molecule has 5 aromatic rings. The Hall–Kier alpha value is -3.65. The molecule has 0 aliphatic rings. The number of halogens is 4. The second kappa shape index (κ2) is 10.4. The molecule has 6 nitrogen and oxygen atoms in total. The molecule has 0 spiro atoms. The number of aromatic nitrogens is 3. The SMILES string of the molecule is Cc1onc(-c2c(Cl)cccc2Cl)c1C(=O)n1ccc(-c2ccc(OCc3c(F)cccc3Cl)cc2)n1. The zero-order chi connectivity index (χ0) is 26.1. The van der Waals surface area contributed by atoms with Gasteiger partial charge in [-0.1, -0.05) is 52.1 Å². The van der Waals surface area contributed by atoms with Crippen LogP contribution in [0.2, 0.25) is 15.1 Å². The number of hydrogen-bond donors (Lipinski definition) is 0. The van der Waals surface area contributed by atoms with Gasteiger partial charge >= 0.3 is 0 Å². The number of ether oxygens (including phenoxy) is 1. The molecule has 5 rings (SSSR count). The molecule has 0 bridgehead atoms. The second-order valence-electron chi connectivity index (χ2n) is 8.02. The highest BCUT2D eigenvalue weighted by atomic mass is 35.5. The molecule has 0 saturated carbocycles. The molecule has 0 unspecified atom stereocenters. The minimum absolute atomic E-state index is 0.0101. The van der Waals surface area contributed by atoms with Crippen molar-refractivity contribution in [1.29, 1.82) is 0 Å². The third-order valence-corrected chi connectivity index (χ3v) is 6.65. The molecule has 2 aromatic heterocycles. The van der Waals surface area contributed by atoms with Gasteiger partial charge in [0, 0.05) is 22.9 Å². The van der Waals surface area contributed by atoms with E-state index in [4.69, 9.17) is 44.1 Å². The lowest BCUT2D eigenvalue weighted by Crippen LogP contribution is -2.14. The molecule has 0 saturated heterocycles. The highest BCUT2D eigenvalue weighted by molar-refractivity contribution is 6.39. The van der Waals surface area contributed by atoms with Crippen LogP contribution in [0.3, 0.4) is 0 Å². The Kier molecular flexibility index (Phi) is 7.02. The first kappa shape index (κ1) is 25.0. The summed E-state index contributed by atoms with van der Waals surface area (Å²) in [7, 11) is 0. The van der Waals surface area contributed by atoms with E-state index in [0.29, 0.717) is 37.8 Å². The number of carbonyl (C=O) groups excluding carboxylic acids is 1. The van der Waals surface area contributed by atoms with Gasteiger partial charge in [-0.3, -0.25) is 4.79 Å². The zero-order valence-corrected chi connectivity index (χ0v) is 21.5. The first-order chi connectivity index (χ1) is 17.8. The fourth-order valence-electron chi connectivity index (χ4n) is 3.77. The lowest BCUT2D eigenvalue weighted by molar-refractivity contribution is 0.0944. The molecule has 186 valence electrons. The molecule has 0 aliphatic carbocycles. The van der Waals surface area contributed by atoms with E-state index in [1.54, 1.807) is 67.7 Å². The zero-order valence-electron chi connectivity index (χ0n) is 19.2. The monoisotopic (exact) mass is 555 g/mol. The van der Waals surface area contributed by atoms with Crippen LogP contribution in [0.25, 0.3) is 22.5 Å². The van der Waals surface area contributed by atoms with E-state index >= 15 is 0 Å². The van der Waals surface area contributed by atoms with Crippen molar-refractivity contribution in [2.75, 3.05) is 0 Å². The predicted molar refractivity (Wildman–Crippen MR) is 140 cm³/mol. The van der Waals surface area contributed by atoms with E-state index in [0.717, 1.165) is 5.56 Å². The maximum atomic E-state index is 14.0. The molecular formula is C27H17Cl3FN3O3. The molecule has 0 radical (unpaired) electrons. The lowest BCUT2D eigenvalue weighted by atomic mass is 10.1. The number of benzene rings is 3. The quantitative estimate of drug-likeness (QED) is 0.213. The van der Waals surface area contributed by atoms with E-state index in [2.05, 4.69) is 10.3 Å². The third kappa shape index (κ3) is 4.98. The van der Waals surface area contributed by atoms with E-state index in [1.165, 1.54) is 16.8 Å². The Balaban J connectivity index is 1.36. The molecule has 0 N–H and O–H groups in total. The van der Waals surface area contributed by atoms with Gasteiger partial charge < -0.3 is 9.26 Å². The summed E-state index contributed by atoms with van der Waals surface area (Å²) in [6.45, 7) is 1.62. The van der Waals surface area contributed by atoms with Crippen LogP contribution < -0.4 is 4.74 Å². The summed E-state index contributed by atoms with van der Waals surface area (Å²) in [6, 6.07) is 18.2. The highest BCUT2D eigenvalue weighted by Crippen LogP contribution is 2.37. The summed E-state index contributed by atoms with van der Waals surface area (Å²) in [5.41, 5.74) is 2.45. The summed E-state index contributed by atoms with van der Waals surface area (Å²) in [5, 5.41) is 9.44. The summed E-state index contributed by atoms with van der Waals surface area (Å²) in [5.74, 6) is -0.0375. The molecular weight excluding hydrogens is 540 g/mol. The van der Waals surface area contributed by atoms with Crippen LogP contribution >= 0.6 is 34.8 Å². The molecule has 0 atom stereocenters. The second-order valence-corrected chi connectivity index (χ2v) is 9.24. The van der Waals surface area contributed by atoms with Gasteiger partial charge in [-0.2, -0.15) is 5.10 Å². The van der Waals surface area contributed by atoms with Crippen LogP contribution in [-0.4, -0.2) is 20.8 Å². The van der Waals surface area contributed by atoms with Crippen molar-refractivity contribution in [3.63, 3.8) is 0 Å². The van der Waals surface area contributed by atoms with Crippen molar-refractivity contribution >= 4 is 40.7 Å². The Bertz CT molecular complexity index is 1570. The van der Waals surface area contributed by atoms with Gasteiger partial charge in [-0.05, 0) is 61.5 Å². The average Bonchev–Trinajstić information content (AvgIpc) is 3.51. The largest absolute Gasteiger partial charge is 0.489 e. The third-order valence-electron chi connectivity index (χ3n) is 5.67. The van der Waals surface area contributed by atoms with E-state index in [1.807, 2.05) is 0 Å². The highest BCUT2D eigenvalue weighted by Gasteiger charge is 2.26. The van der Waals surface area contributed by atoms with Crippen LogP contribution in [0.5, 0.6) is 5.75 Å². The van der Waals surface area contributed by atoms with E-state index in [-0.39, 0.29) is 23.4 Å². The number of carbonyl (C=O) groups is 1. The fourth-order valence-corrected chi connectivity index (χ4v) is 4.57. The minimum Gasteiger partial charge on any atom is -0.489 e. The molecule has 0 aliphatic heterocycles. The summed E-state index contributed by atoms with van der Waals surface area (Å²) in [4.78, 5) is 13.4. The van der Waals surface area contributed by atoms with Crippen LogP contribution in [0, 0.1) is 12.7 Å². The Morgan fingerprint density at radius 1 is 0.973 bits per heavy atom. The topological polar surface area (TPSA) is 70.2 Å². The van der Waals surface area contributed by atoms with Crippen molar-refractivity contribution < 1.29 is 18.4 Å². The number of nitrogens with zero attached hydrogens (tertiary/aromatic N) is 3. The Labute approximate surface area is 226 Å². The van der Waals surface area contributed by atoms with Gasteiger partial charge in [0.25, 0.3) is 5.91 Å². The Morgan fingerprint density at radius 3 is 2.35 bits per heavy atom. The van der Waals surface area contributed by atoms with Crippen molar-refractivity contribution in [3.8, 4) is 28.3 Å². The first-order valence-electron chi connectivity index (χ1n) is 11.0. The van der Waals surface area contributed by atoms with Crippen LogP contribution in [0.15, 0.2) is 77.4 Å².